The van der Waals surface area contributed by atoms with E-state index in [1.165, 1.54) is 11.1 Å². The summed E-state index contributed by atoms with van der Waals surface area (Å²) in [5.41, 5.74) is 8.95. The lowest BCUT2D eigenvalue weighted by molar-refractivity contribution is 0.264. The van der Waals surface area contributed by atoms with E-state index in [1.54, 1.807) is 0 Å². The lowest BCUT2D eigenvalue weighted by Crippen LogP contribution is -2.04. The molecule has 0 fully saturated rings. The summed E-state index contributed by atoms with van der Waals surface area (Å²) in [6.07, 6.45) is 1.92. The minimum Gasteiger partial charge on any atom is -0.494 e. The molecular formula is C20H27NO2. The van der Waals surface area contributed by atoms with Gasteiger partial charge in [-0.15, -0.1) is 0 Å². The van der Waals surface area contributed by atoms with Gasteiger partial charge >= 0.3 is 0 Å². The van der Waals surface area contributed by atoms with Crippen molar-refractivity contribution in [1.82, 2.24) is 0 Å². The first kappa shape index (κ1) is 17.2. The minimum atomic E-state index is 0.470. The van der Waals surface area contributed by atoms with E-state index >= 15 is 0 Å². The number of rotatable bonds is 8. The lowest BCUT2D eigenvalue weighted by Gasteiger charge is -2.15. The van der Waals surface area contributed by atoms with Crippen LogP contribution in [0.4, 0.5) is 5.69 Å². The molecule has 23 heavy (non-hydrogen) atoms. The number of aryl methyl sites for hydroxylation is 1. The molecule has 0 aliphatic rings. The summed E-state index contributed by atoms with van der Waals surface area (Å²) in [5.74, 6) is 2.31. The van der Waals surface area contributed by atoms with Gasteiger partial charge in [0.25, 0.3) is 0 Å². The van der Waals surface area contributed by atoms with Crippen molar-refractivity contribution < 1.29 is 9.47 Å². The monoisotopic (exact) mass is 313 g/mol. The van der Waals surface area contributed by atoms with Crippen LogP contribution < -0.4 is 15.2 Å². The van der Waals surface area contributed by atoms with Crippen molar-refractivity contribution >= 4 is 5.69 Å². The van der Waals surface area contributed by atoms with E-state index in [0.29, 0.717) is 19.1 Å². The third-order valence-electron chi connectivity index (χ3n) is 3.71. The number of hydrogen-bond donors (Lipinski definition) is 1. The van der Waals surface area contributed by atoms with Crippen LogP contribution in [0, 0.1) is 6.92 Å². The Labute approximate surface area is 139 Å². The topological polar surface area (TPSA) is 44.5 Å². The molecule has 0 bridgehead atoms. The fraction of sp³-hybridized carbons (Fsp3) is 0.400. The molecule has 0 radical (unpaired) electrons. The second-order valence-corrected chi connectivity index (χ2v) is 6.17. The number of benzene rings is 2. The Morgan fingerprint density at radius 3 is 2.39 bits per heavy atom. The summed E-state index contributed by atoms with van der Waals surface area (Å²) >= 11 is 0. The third kappa shape index (κ3) is 5.51. The summed E-state index contributed by atoms with van der Waals surface area (Å²) in [6, 6.07) is 14.0. The van der Waals surface area contributed by atoms with Gasteiger partial charge in [0.05, 0.1) is 13.2 Å². The van der Waals surface area contributed by atoms with Gasteiger partial charge in [-0.05, 0) is 55.0 Å². The second kappa shape index (κ2) is 8.47. The van der Waals surface area contributed by atoms with Crippen LogP contribution in [-0.4, -0.2) is 13.2 Å². The molecule has 0 amide bonds. The maximum atomic E-state index is 5.98. The fourth-order valence-electron chi connectivity index (χ4n) is 2.42. The van der Waals surface area contributed by atoms with Gasteiger partial charge < -0.3 is 15.2 Å². The van der Waals surface area contributed by atoms with Crippen molar-refractivity contribution in [3.8, 4) is 11.5 Å². The van der Waals surface area contributed by atoms with E-state index in [2.05, 4.69) is 39.0 Å². The van der Waals surface area contributed by atoms with E-state index in [0.717, 1.165) is 30.0 Å². The average molecular weight is 313 g/mol. The quantitative estimate of drug-likeness (QED) is 0.554. The van der Waals surface area contributed by atoms with Crippen molar-refractivity contribution in [1.29, 1.82) is 0 Å². The molecule has 3 heteroatoms. The number of ether oxygens (including phenoxy) is 2. The SMILES string of the molecule is Cc1ccc(C(C)C)c(OCCCCOc2cccc(N)c2)c1. The van der Waals surface area contributed by atoms with E-state index in [1.807, 2.05) is 24.3 Å². The van der Waals surface area contributed by atoms with Gasteiger partial charge in [-0.3, -0.25) is 0 Å². The molecule has 0 saturated carbocycles. The van der Waals surface area contributed by atoms with E-state index in [9.17, 15) is 0 Å². The highest BCUT2D eigenvalue weighted by atomic mass is 16.5. The van der Waals surface area contributed by atoms with Crippen LogP contribution in [-0.2, 0) is 0 Å². The van der Waals surface area contributed by atoms with Gasteiger partial charge in [-0.2, -0.15) is 0 Å². The van der Waals surface area contributed by atoms with Crippen molar-refractivity contribution in [3.63, 3.8) is 0 Å². The Kier molecular flexibility index (Phi) is 6.33. The van der Waals surface area contributed by atoms with Crippen LogP contribution in [0.3, 0.4) is 0 Å². The van der Waals surface area contributed by atoms with Crippen LogP contribution in [0.15, 0.2) is 42.5 Å². The van der Waals surface area contributed by atoms with E-state index in [4.69, 9.17) is 15.2 Å². The molecule has 0 spiro atoms. The van der Waals surface area contributed by atoms with Crippen molar-refractivity contribution in [2.45, 2.75) is 39.5 Å². The van der Waals surface area contributed by atoms with Gasteiger partial charge in [-0.1, -0.05) is 32.0 Å². The second-order valence-electron chi connectivity index (χ2n) is 6.17. The molecule has 2 aromatic carbocycles. The van der Waals surface area contributed by atoms with Gasteiger partial charge in [0.2, 0.25) is 0 Å². The number of nitrogens with two attached hydrogens (primary N) is 1. The standard InChI is InChI=1S/C20H27NO2/c1-15(2)19-10-9-16(3)13-20(19)23-12-5-4-11-22-18-8-6-7-17(21)14-18/h6-10,13-15H,4-5,11-12,21H2,1-3H3. The Bertz CT molecular complexity index is 623. The maximum absolute atomic E-state index is 5.98. The Hall–Kier alpha value is -2.16. The summed E-state index contributed by atoms with van der Waals surface area (Å²) < 4.78 is 11.7. The van der Waals surface area contributed by atoms with Gasteiger partial charge in [-0.25, -0.2) is 0 Å². The number of hydrogen-bond acceptors (Lipinski definition) is 3. The molecule has 3 nitrogen and oxygen atoms in total. The first-order valence-corrected chi connectivity index (χ1v) is 8.28. The summed E-state index contributed by atoms with van der Waals surface area (Å²) in [4.78, 5) is 0. The highest BCUT2D eigenvalue weighted by Gasteiger charge is 2.07. The molecule has 2 rings (SSSR count). The van der Waals surface area contributed by atoms with E-state index < -0.39 is 0 Å². The molecule has 0 aliphatic carbocycles. The number of anilines is 1. The van der Waals surface area contributed by atoms with Crippen LogP contribution in [0.5, 0.6) is 11.5 Å². The molecule has 0 heterocycles. The Morgan fingerprint density at radius 2 is 1.70 bits per heavy atom. The van der Waals surface area contributed by atoms with Crippen LogP contribution in [0.1, 0.15) is 43.7 Å². The largest absolute Gasteiger partial charge is 0.494 e. The zero-order chi connectivity index (χ0) is 16.7. The fourth-order valence-corrected chi connectivity index (χ4v) is 2.42. The molecular weight excluding hydrogens is 286 g/mol. The van der Waals surface area contributed by atoms with Crippen molar-refractivity contribution in [2.24, 2.45) is 0 Å². The Balaban J connectivity index is 1.72. The highest BCUT2D eigenvalue weighted by molar-refractivity contribution is 5.43. The predicted molar refractivity (Wildman–Crippen MR) is 96.3 cm³/mol. The molecule has 0 aromatic heterocycles. The lowest BCUT2D eigenvalue weighted by atomic mass is 10.0. The normalized spacial score (nSPS) is 10.8. The van der Waals surface area contributed by atoms with Gasteiger partial charge in [0.15, 0.2) is 0 Å². The third-order valence-corrected chi connectivity index (χ3v) is 3.71. The number of unbranched alkanes of at least 4 members (excludes halogenated alkanes) is 1. The summed E-state index contributed by atoms with van der Waals surface area (Å²) in [6.45, 7) is 7.87. The zero-order valence-corrected chi connectivity index (χ0v) is 14.3. The molecule has 0 saturated heterocycles. The minimum absolute atomic E-state index is 0.470. The predicted octanol–water partition coefficient (Wildman–Crippen LogP) is 4.94. The molecule has 2 N–H and O–H groups in total. The average Bonchev–Trinajstić information content (AvgIpc) is 2.50. The first-order chi connectivity index (χ1) is 11.1. The van der Waals surface area contributed by atoms with E-state index in [-0.39, 0.29) is 0 Å². The van der Waals surface area contributed by atoms with Crippen LogP contribution in [0.25, 0.3) is 0 Å². The summed E-state index contributed by atoms with van der Waals surface area (Å²) in [5, 5.41) is 0. The van der Waals surface area contributed by atoms with Crippen LogP contribution >= 0.6 is 0 Å². The van der Waals surface area contributed by atoms with Gasteiger partial charge in [0, 0.05) is 11.8 Å². The molecule has 0 atom stereocenters. The van der Waals surface area contributed by atoms with Crippen LogP contribution in [0.2, 0.25) is 0 Å². The highest BCUT2D eigenvalue weighted by Crippen LogP contribution is 2.27. The van der Waals surface area contributed by atoms with Crippen molar-refractivity contribution in [2.75, 3.05) is 18.9 Å². The first-order valence-electron chi connectivity index (χ1n) is 8.28. The summed E-state index contributed by atoms with van der Waals surface area (Å²) in [7, 11) is 0. The number of nitrogen functional groups attached to an aromatic ring is 1. The van der Waals surface area contributed by atoms with Gasteiger partial charge in [0.1, 0.15) is 11.5 Å². The zero-order valence-electron chi connectivity index (χ0n) is 14.3. The molecule has 124 valence electrons. The molecule has 2 aromatic rings. The molecule has 0 unspecified atom stereocenters. The smallest absolute Gasteiger partial charge is 0.122 e. The van der Waals surface area contributed by atoms with Crippen molar-refractivity contribution in [3.05, 3.63) is 53.6 Å². The maximum Gasteiger partial charge on any atom is 0.122 e. The Morgan fingerprint density at radius 1 is 0.957 bits per heavy atom. The molecule has 0 aliphatic heterocycles.